The maximum Gasteiger partial charge on any atom is 0.306 e. The van der Waals surface area contributed by atoms with E-state index >= 15 is 0 Å². The fourth-order valence-corrected chi connectivity index (χ4v) is 12.9. The number of nitrogens with zero attached hydrogens (tertiary/aromatic N) is 1. The lowest BCUT2D eigenvalue weighted by Crippen LogP contribution is -2.37. The highest BCUT2D eigenvalue weighted by Crippen LogP contribution is 2.38. The first-order valence-electron chi connectivity index (χ1n) is 39.5. The molecule has 0 aromatic carbocycles. The molecule has 89 heavy (non-hydrogen) atoms. The van der Waals surface area contributed by atoms with Crippen molar-refractivity contribution in [2.45, 2.75) is 424 Å². The average Bonchev–Trinajstić information content (AvgIpc) is 3.60. The largest absolute Gasteiger partial charge is 0.756 e. The van der Waals surface area contributed by atoms with Crippen LogP contribution in [0.4, 0.5) is 0 Å². The van der Waals surface area contributed by atoms with Crippen LogP contribution in [0.15, 0.2) is 24.3 Å². The Bertz CT molecular complexity index is 1550. The van der Waals surface area contributed by atoms with Crippen molar-refractivity contribution in [3.63, 3.8) is 0 Å². The average molecular weight is 1280 g/mol. The minimum atomic E-state index is -4.64. The molecule has 2 atom stereocenters. The number of ether oxygens (including phenoxy) is 2. The monoisotopic (exact) mass is 1280 g/mol. The van der Waals surface area contributed by atoms with Gasteiger partial charge < -0.3 is 27.9 Å². The molecule has 9 nitrogen and oxygen atoms in total. The number of likely N-dealkylation sites (N-methyl/N-ethyl adjacent to an activating group) is 1. The molecule has 0 aliphatic heterocycles. The van der Waals surface area contributed by atoms with E-state index in [1.165, 1.54) is 347 Å². The second kappa shape index (κ2) is 70.8. The highest BCUT2D eigenvalue weighted by atomic mass is 31.2. The fraction of sp³-hybridized carbons (Fsp3) is 0.924. The van der Waals surface area contributed by atoms with Crippen LogP contribution >= 0.6 is 7.82 Å². The van der Waals surface area contributed by atoms with Gasteiger partial charge >= 0.3 is 11.9 Å². The molecule has 2 unspecified atom stereocenters. The molecular formula is C79H154NO8P. The van der Waals surface area contributed by atoms with Gasteiger partial charge in [0.1, 0.15) is 19.8 Å². The van der Waals surface area contributed by atoms with E-state index in [4.69, 9.17) is 18.5 Å². The number of unbranched alkanes of at least 4 members (excludes halogenated alkanes) is 57. The van der Waals surface area contributed by atoms with Crippen molar-refractivity contribution in [1.29, 1.82) is 0 Å². The summed E-state index contributed by atoms with van der Waals surface area (Å²) in [5.74, 6) is -0.806. The van der Waals surface area contributed by atoms with Gasteiger partial charge in [0.2, 0.25) is 0 Å². The van der Waals surface area contributed by atoms with Crippen LogP contribution in [-0.2, 0) is 32.7 Å². The Kier molecular flexibility index (Phi) is 69.6. The molecule has 528 valence electrons. The molecule has 0 radical (unpaired) electrons. The van der Waals surface area contributed by atoms with Crippen LogP contribution in [-0.4, -0.2) is 70.0 Å². The number of allylic oxidation sites excluding steroid dienone is 4. The lowest BCUT2D eigenvalue weighted by atomic mass is 10.0. The summed E-state index contributed by atoms with van der Waals surface area (Å²) in [5, 5.41) is 0. The molecule has 0 N–H and O–H groups in total. The maximum absolute atomic E-state index is 12.9. The van der Waals surface area contributed by atoms with Crippen LogP contribution in [0, 0.1) is 0 Å². The smallest absolute Gasteiger partial charge is 0.306 e. The number of esters is 2. The van der Waals surface area contributed by atoms with Gasteiger partial charge in [-0.05, 0) is 44.9 Å². The second-order valence-corrected chi connectivity index (χ2v) is 29.9. The van der Waals surface area contributed by atoms with Gasteiger partial charge in [-0.25, -0.2) is 0 Å². The molecular weight excluding hydrogens is 1120 g/mol. The third-order valence-corrected chi connectivity index (χ3v) is 19.2. The number of quaternary nitrogens is 1. The number of phosphoric ester groups is 1. The number of hydrogen-bond donors (Lipinski definition) is 0. The molecule has 0 saturated heterocycles. The molecule has 0 aromatic heterocycles. The summed E-state index contributed by atoms with van der Waals surface area (Å²) in [4.78, 5) is 38.2. The van der Waals surface area contributed by atoms with Crippen molar-refractivity contribution >= 4 is 19.8 Å². The van der Waals surface area contributed by atoms with Gasteiger partial charge in [-0.15, -0.1) is 0 Å². The van der Waals surface area contributed by atoms with Crippen LogP contribution in [0.5, 0.6) is 0 Å². The number of phosphoric acid groups is 1. The molecule has 0 aliphatic carbocycles. The van der Waals surface area contributed by atoms with E-state index in [1.807, 2.05) is 21.1 Å². The van der Waals surface area contributed by atoms with Gasteiger partial charge in [0, 0.05) is 12.8 Å². The van der Waals surface area contributed by atoms with Crippen molar-refractivity contribution in [2.24, 2.45) is 0 Å². The van der Waals surface area contributed by atoms with Gasteiger partial charge in [-0.2, -0.15) is 0 Å². The van der Waals surface area contributed by atoms with Gasteiger partial charge in [0.25, 0.3) is 7.82 Å². The molecule has 0 aromatic rings. The Labute approximate surface area is 555 Å². The summed E-state index contributed by atoms with van der Waals surface area (Å²) in [6, 6.07) is 0. The van der Waals surface area contributed by atoms with Gasteiger partial charge in [-0.3, -0.25) is 14.2 Å². The predicted molar refractivity (Wildman–Crippen MR) is 384 cm³/mol. The Morgan fingerprint density at radius 3 is 0.888 bits per heavy atom. The first-order chi connectivity index (χ1) is 43.5. The van der Waals surface area contributed by atoms with Crippen molar-refractivity contribution in [1.82, 2.24) is 0 Å². The Balaban J connectivity index is 3.91. The van der Waals surface area contributed by atoms with Crippen LogP contribution in [0.1, 0.15) is 418 Å². The summed E-state index contributed by atoms with van der Waals surface area (Å²) in [5.41, 5.74) is 0. The molecule has 0 aliphatic rings. The van der Waals surface area contributed by atoms with E-state index < -0.39 is 26.5 Å². The summed E-state index contributed by atoms with van der Waals surface area (Å²) < 4.78 is 34.4. The lowest BCUT2D eigenvalue weighted by molar-refractivity contribution is -0.870. The normalized spacial score (nSPS) is 13.1. The van der Waals surface area contributed by atoms with Crippen LogP contribution in [0.3, 0.4) is 0 Å². The standard InChI is InChI=1S/C79H154NO8P/c1-6-8-10-12-14-16-18-20-22-24-26-28-30-32-34-36-38-39-40-42-43-45-47-49-51-53-55-57-59-61-63-65-67-69-71-78(81)85-75-77(76-87-89(83,84)86-74-73-80(3,4)5)88-79(82)72-70-68-66-64-62-60-58-56-54-52-50-48-46-44-41-37-35-33-31-29-27-25-23-21-19-17-15-13-11-9-7-2/h19,21,25,27,77H,6-18,20,22-24,26,28-76H2,1-5H3/b21-19-,27-25-. The Hall–Kier alpha value is -1.51. The molecule has 10 heteroatoms. The molecule has 0 amide bonds. The van der Waals surface area contributed by atoms with Crippen molar-refractivity contribution < 1.29 is 42.1 Å². The zero-order chi connectivity index (χ0) is 64.8. The first kappa shape index (κ1) is 87.5. The third-order valence-electron chi connectivity index (χ3n) is 18.2. The van der Waals surface area contributed by atoms with E-state index in [9.17, 15) is 19.0 Å². The number of carbonyl (C=O) groups is 2. The minimum Gasteiger partial charge on any atom is -0.756 e. The molecule has 0 heterocycles. The minimum absolute atomic E-state index is 0.0266. The summed E-state index contributed by atoms with van der Waals surface area (Å²) in [6.45, 7) is 4.32. The lowest BCUT2D eigenvalue weighted by Gasteiger charge is -2.28. The zero-order valence-corrected chi connectivity index (χ0v) is 61.3. The molecule has 0 bridgehead atoms. The summed E-state index contributed by atoms with van der Waals surface area (Å²) >= 11 is 0. The number of hydrogen-bond acceptors (Lipinski definition) is 8. The highest BCUT2D eigenvalue weighted by molar-refractivity contribution is 7.45. The van der Waals surface area contributed by atoms with E-state index in [0.29, 0.717) is 17.4 Å². The maximum atomic E-state index is 12.9. The first-order valence-corrected chi connectivity index (χ1v) is 41.0. The number of carbonyl (C=O) groups excluding carboxylic acids is 2. The van der Waals surface area contributed by atoms with Crippen LogP contribution < -0.4 is 4.89 Å². The van der Waals surface area contributed by atoms with Gasteiger partial charge in [0.15, 0.2) is 6.10 Å². The van der Waals surface area contributed by atoms with Crippen molar-refractivity contribution in [2.75, 3.05) is 47.5 Å². The van der Waals surface area contributed by atoms with Crippen LogP contribution in [0.25, 0.3) is 0 Å². The van der Waals surface area contributed by atoms with E-state index in [-0.39, 0.29) is 32.0 Å². The van der Waals surface area contributed by atoms with Crippen molar-refractivity contribution in [3.05, 3.63) is 24.3 Å². The molecule has 0 rings (SSSR count). The van der Waals surface area contributed by atoms with E-state index in [1.54, 1.807) is 0 Å². The highest BCUT2D eigenvalue weighted by Gasteiger charge is 2.22. The predicted octanol–water partition coefficient (Wildman–Crippen LogP) is 25.4. The van der Waals surface area contributed by atoms with Crippen molar-refractivity contribution in [3.8, 4) is 0 Å². The molecule has 0 spiro atoms. The second-order valence-electron chi connectivity index (χ2n) is 28.4. The van der Waals surface area contributed by atoms with E-state index in [0.717, 1.165) is 38.5 Å². The molecule has 0 saturated carbocycles. The Morgan fingerprint density at radius 1 is 0.348 bits per heavy atom. The van der Waals surface area contributed by atoms with Crippen LogP contribution in [0.2, 0.25) is 0 Å². The SMILES string of the molecule is CCCCCCC/C=C\C/C=C\CCCCCCCCCCCCCCCCCCCCCC(=O)OC(COC(=O)CCCCCCCCCCCCCCCCCCCCCCCCCCCCCCCCCCCC)COP(=O)([O-])OCC[N+](C)(C)C. The topological polar surface area (TPSA) is 111 Å². The quantitative estimate of drug-likeness (QED) is 0.0195. The summed E-state index contributed by atoms with van der Waals surface area (Å²) in [7, 11) is 1.19. The third kappa shape index (κ3) is 75.4. The fourth-order valence-electron chi connectivity index (χ4n) is 12.2. The zero-order valence-electron chi connectivity index (χ0n) is 60.4. The number of rotatable bonds is 75. The van der Waals surface area contributed by atoms with Gasteiger partial charge in [-0.1, -0.05) is 385 Å². The summed E-state index contributed by atoms with van der Waals surface area (Å²) in [6.07, 6.45) is 90.2. The molecule has 0 fully saturated rings. The van der Waals surface area contributed by atoms with E-state index in [2.05, 4.69) is 38.2 Å². The van der Waals surface area contributed by atoms with Gasteiger partial charge in [0.05, 0.1) is 27.7 Å². The Morgan fingerprint density at radius 2 is 0.607 bits per heavy atom.